The third kappa shape index (κ3) is 4.78. The molecule has 84 valence electrons. The van der Waals surface area contributed by atoms with E-state index in [0.717, 1.165) is 13.1 Å². The van der Waals surface area contributed by atoms with Gasteiger partial charge in [0.25, 0.3) is 0 Å². The van der Waals surface area contributed by atoms with Crippen LogP contribution >= 0.6 is 15.9 Å². The van der Waals surface area contributed by atoms with Crippen LogP contribution in [0.2, 0.25) is 0 Å². The van der Waals surface area contributed by atoms with Gasteiger partial charge in [0.15, 0.2) is 0 Å². The summed E-state index contributed by atoms with van der Waals surface area (Å²) in [5.74, 6) is 0. The summed E-state index contributed by atoms with van der Waals surface area (Å²) < 4.78 is 1.18. The highest BCUT2D eigenvalue weighted by molar-refractivity contribution is 9.10. The second-order valence-electron chi connectivity index (χ2n) is 4.14. The fraction of sp³-hybridized carbons (Fsp3) is 0.500. The molecule has 1 aromatic carbocycles. The lowest BCUT2D eigenvalue weighted by Crippen LogP contribution is -2.35. The van der Waals surface area contributed by atoms with Crippen LogP contribution in [0.4, 0.5) is 0 Å². The van der Waals surface area contributed by atoms with Crippen molar-refractivity contribution in [3.05, 3.63) is 34.3 Å². The lowest BCUT2D eigenvalue weighted by molar-refractivity contribution is 0.349. The quantitative estimate of drug-likeness (QED) is 0.885. The smallest absolute Gasteiger partial charge is 0.0220 e. The van der Waals surface area contributed by atoms with Gasteiger partial charge in [0.2, 0.25) is 0 Å². The molecule has 1 aromatic rings. The summed E-state index contributed by atoms with van der Waals surface area (Å²) in [5, 5.41) is 3.50. The van der Waals surface area contributed by atoms with Gasteiger partial charge < -0.3 is 10.2 Å². The highest BCUT2D eigenvalue weighted by Gasteiger charge is 2.03. The van der Waals surface area contributed by atoms with E-state index in [1.54, 1.807) is 0 Å². The van der Waals surface area contributed by atoms with E-state index in [-0.39, 0.29) is 0 Å². The first-order valence-electron chi connectivity index (χ1n) is 5.21. The van der Waals surface area contributed by atoms with Crippen LogP contribution < -0.4 is 5.32 Å². The maximum atomic E-state index is 3.55. The molecule has 1 N–H and O–H groups in total. The summed E-state index contributed by atoms with van der Waals surface area (Å²) in [6.07, 6.45) is 0. The van der Waals surface area contributed by atoms with Crippen LogP contribution in [0.3, 0.4) is 0 Å². The Bertz CT molecular complexity index is 299. The van der Waals surface area contributed by atoms with Crippen molar-refractivity contribution < 1.29 is 0 Å². The van der Waals surface area contributed by atoms with Crippen molar-refractivity contribution >= 4 is 15.9 Å². The van der Waals surface area contributed by atoms with E-state index in [2.05, 4.69) is 65.4 Å². The van der Waals surface area contributed by atoms with Gasteiger partial charge in [-0.15, -0.1) is 0 Å². The van der Waals surface area contributed by atoms with Crippen molar-refractivity contribution in [3.63, 3.8) is 0 Å². The van der Waals surface area contributed by atoms with Crippen LogP contribution in [0.15, 0.2) is 28.7 Å². The molecule has 0 saturated heterocycles. The first kappa shape index (κ1) is 12.7. The molecule has 0 radical (unpaired) electrons. The first-order chi connectivity index (χ1) is 7.09. The Morgan fingerprint density at radius 2 is 2.00 bits per heavy atom. The first-order valence-corrected chi connectivity index (χ1v) is 6.00. The molecule has 15 heavy (non-hydrogen) atoms. The van der Waals surface area contributed by atoms with Crippen molar-refractivity contribution in [2.24, 2.45) is 0 Å². The van der Waals surface area contributed by atoms with E-state index in [1.807, 2.05) is 6.07 Å². The molecule has 0 aliphatic heterocycles. The van der Waals surface area contributed by atoms with E-state index in [9.17, 15) is 0 Å². The van der Waals surface area contributed by atoms with Crippen molar-refractivity contribution in [1.29, 1.82) is 0 Å². The average molecular weight is 271 g/mol. The van der Waals surface area contributed by atoms with E-state index in [1.165, 1.54) is 10.0 Å². The van der Waals surface area contributed by atoms with Gasteiger partial charge in [0, 0.05) is 23.6 Å². The number of hydrogen-bond acceptors (Lipinski definition) is 2. The third-order valence-corrected chi connectivity index (χ3v) is 3.01. The summed E-state index contributed by atoms with van der Waals surface area (Å²) in [6.45, 7) is 4.18. The minimum atomic E-state index is 0.507. The number of rotatable bonds is 5. The molecule has 1 unspecified atom stereocenters. The number of benzene rings is 1. The lowest BCUT2D eigenvalue weighted by Gasteiger charge is -2.18. The van der Waals surface area contributed by atoms with Crippen molar-refractivity contribution in [2.75, 3.05) is 20.6 Å². The Morgan fingerprint density at radius 3 is 2.60 bits per heavy atom. The summed E-state index contributed by atoms with van der Waals surface area (Å²) >= 11 is 3.55. The molecular weight excluding hydrogens is 252 g/mol. The van der Waals surface area contributed by atoms with Crippen LogP contribution in [0.1, 0.15) is 12.5 Å². The predicted molar refractivity (Wildman–Crippen MR) is 69.0 cm³/mol. The Hall–Kier alpha value is -0.380. The van der Waals surface area contributed by atoms with Gasteiger partial charge in [0.05, 0.1) is 0 Å². The third-order valence-electron chi connectivity index (χ3n) is 2.24. The normalized spacial score (nSPS) is 13.1. The molecule has 0 bridgehead atoms. The second kappa shape index (κ2) is 6.26. The Kier molecular flexibility index (Phi) is 5.29. The molecule has 1 atom stereocenters. The Morgan fingerprint density at radius 1 is 1.33 bits per heavy atom. The Balaban J connectivity index is 2.40. The molecule has 0 aromatic heterocycles. The number of nitrogens with zero attached hydrogens (tertiary/aromatic N) is 1. The van der Waals surface area contributed by atoms with Gasteiger partial charge >= 0.3 is 0 Å². The van der Waals surface area contributed by atoms with Gasteiger partial charge in [-0.25, -0.2) is 0 Å². The van der Waals surface area contributed by atoms with Gasteiger partial charge in [0.1, 0.15) is 0 Å². The summed E-state index contributed by atoms with van der Waals surface area (Å²) in [4.78, 5) is 2.19. The van der Waals surface area contributed by atoms with E-state index < -0.39 is 0 Å². The predicted octanol–water partition coefficient (Wildman–Crippen LogP) is 2.49. The zero-order chi connectivity index (χ0) is 11.3. The molecule has 0 aliphatic carbocycles. The van der Waals surface area contributed by atoms with Crippen LogP contribution in [0, 0.1) is 0 Å². The number of halogens is 1. The van der Waals surface area contributed by atoms with Crippen LogP contribution in [0.25, 0.3) is 0 Å². The minimum absolute atomic E-state index is 0.507. The number of hydrogen-bond donors (Lipinski definition) is 1. The fourth-order valence-corrected chi connectivity index (χ4v) is 1.96. The average Bonchev–Trinajstić information content (AvgIpc) is 2.15. The van der Waals surface area contributed by atoms with E-state index in [0.29, 0.717) is 6.04 Å². The molecule has 0 amide bonds. The highest BCUT2D eigenvalue weighted by Crippen LogP contribution is 2.15. The SMILES string of the molecule is CC(CN(C)C)NCc1ccccc1Br. The highest BCUT2D eigenvalue weighted by atomic mass is 79.9. The molecule has 0 heterocycles. The van der Waals surface area contributed by atoms with Gasteiger partial charge in [-0.1, -0.05) is 34.1 Å². The van der Waals surface area contributed by atoms with Crippen molar-refractivity contribution in [2.45, 2.75) is 19.5 Å². The standard InChI is InChI=1S/C12H19BrN2/c1-10(9-15(2)3)14-8-11-6-4-5-7-12(11)13/h4-7,10,14H,8-9H2,1-3H3. The summed E-state index contributed by atoms with van der Waals surface area (Å²) in [5.41, 5.74) is 1.31. The molecule has 0 saturated carbocycles. The van der Waals surface area contributed by atoms with Crippen LogP contribution in [-0.4, -0.2) is 31.6 Å². The minimum Gasteiger partial charge on any atom is -0.309 e. The topological polar surface area (TPSA) is 15.3 Å². The largest absolute Gasteiger partial charge is 0.309 e. The summed E-state index contributed by atoms with van der Waals surface area (Å²) in [6, 6.07) is 8.83. The fourth-order valence-electron chi connectivity index (χ4n) is 1.54. The molecule has 0 spiro atoms. The zero-order valence-electron chi connectivity index (χ0n) is 9.63. The van der Waals surface area contributed by atoms with E-state index in [4.69, 9.17) is 0 Å². The van der Waals surface area contributed by atoms with Gasteiger partial charge in [-0.2, -0.15) is 0 Å². The van der Waals surface area contributed by atoms with Crippen molar-refractivity contribution in [3.8, 4) is 0 Å². The Labute approximate surface area is 101 Å². The molecular formula is C12H19BrN2. The maximum absolute atomic E-state index is 3.55. The van der Waals surface area contributed by atoms with Crippen molar-refractivity contribution in [1.82, 2.24) is 10.2 Å². The maximum Gasteiger partial charge on any atom is 0.0220 e. The lowest BCUT2D eigenvalue weighted by atomic mass is 10.2. The van der Waals surface area contributed by atoms with Crippen LogP contribution in [0.5, 0.6) is 0 Å². The zero-order valence-corrected chi connectivity index (χ0v) is 11.2. The van der Waals surface area contributed by atoms with Gasteiger partial charge in [-0.05, 0) is 32.6 Å². The molecule has 3 heteroatoms. The molecule has 0 aliphatic rings. The number of nitrogens with one attached hydrogen (secondary N) is 1. The second-order valence-corrected chi connectivity index (χ2v) is 4.99. The molecule has 2 nitrogen and oxygen atoms in total. The van der Waals surface area contributed by atoms with Crippen LogP contribution in [-0.2, 0) is 6.54 Å². The summed E-state index contributed by atoms with van der Waals surface area (Å²) in [7, 11) is 4.19. The monoisotopic (exact) mass is 270 g/mol. The molecule has 0 fully saturated rings. The van der Waals surface area contributed by atoms with E-state index >= 15 is 0 Å². The van der Waals surface area contributed by atoms with Gasteiger partial charge in [-0.3, -0.25) is 0 Å². The molecule has 1 rings (SSSR count). The number of likely N-dealkylation sites (N-methyl/N-ethyl adjacent to an activating group) is 1.